The van der Waals surface area contributed by atoms with Crippen molar-refractivity contribution in [1.29, 1.82) is 0 Å². The van der Waals surface area contributed by atoms with Crippen molar-refractivity contribution >= 4 is 5.91 Å². The van der Waals surface area contributed by atoms with Gasteiger partial charge in [0.2, 0.25) is 5.91 Å². The lowest BCUT2D eigenvalue weighted by Crippen LogP contribution is -2.20. The summed E-state index contributed by atoms with van der Waals surface area (Å²) in [6.07, 6.45) is 26.9. The average Bonchev–Trinajstić information content (AvgIpc) is 2.74. The van der Waals surface area contributed by atoms with E-state index < -0.39 is 0 Å². The van der Waals surface area contributed by atoms with E-state index in [1.165, 1.54) is 122 Å². The maximum absolute atomic E-state index is 11.3. The summed E-state index contributed by atoms with van der Waals surface area (Å²) in [5.74, 6) is 0.267. The lowest BCUT2D eigenvalue weighted by molar-refractivity contribution is -0.128. The van der Waals surface area contributed by atoms with Gasteiger partial charge in [0.25, 0.3) is 0 Å². The van der Waals surface area contributed by atoms with Crippen molar-refractivity contribution in [3.63, 3.8) is 0 Å². The van der Waals surface area contributed by atoms with E-state index in [1.807, 2.05) is 14.1 Å². The second kappa shape index (κ2) is 27.5. The molecule has 31 heavy (non-hydrogen) atoms. The largest absolute Gasteiger partial charge is 0.349 e. The molecule has 0 aliphatic rings. The van der Waals surface area contributed by atoms with Gasteiger partial charge in [0.1, 0.15) is 0 Å². The molecule has 0 fully saturated rings. The molecular formula is C28H60N2O. The van der Waals surface area contributed by atoms with Crippen molar-refractivity contribution in [2.24, 2.45) is 0 Å². The van der Waals surface area contributed by atoms with Gasteiger partial charge in [-0.15, -0.1) is 0 Å². The lowest BCUT2D eigenvalue weighted by atomic mass is 10.1. The molecular weight excluding hydrogens is 380 g/mol. The van der Waals surface area contributed by atoms with Crippen molar-refractivity contribution < 1.29 is 4.79 Å². The van der Waals surface area contributed by atoms with Gasteiger partial charge in [0, 0.05) is 20.5 Å². The Hall–Kier alpha value is -0.570. The van der Waals surface area contributed by atoms with Crippen molar-refractivity contribution in [1.82, 2.24) is 9.80 Å². The fourth-order valence-electron chi connectivity index (χ4n) is 3.73. The molecule has 3 nitrogen and oxygen atoms in total. The molecule has 0 rings (SSSR count). The van der Waals surface area contributed by atoms with Gasteiger partial charge in [0.15, 0.2) is 0 Å². The van der Waals surface area contributed by atoms with E-state index >= 15 is 0 Å². The molecule has 0 aromatic heterocycles. The van der Waals surface area contributed by atoms with Gasteiger partial charge < -0.3 is 9.80 Å². The van der Waals surface area contributed by atoms with Gasteiger partial charge in [-0.05, 0) is 33.5 Å². The highest BCUT2D eigenvalue weighted by atomic mass is 16.2. The fourth-order valence-corrected chi connectivity index (χ4v) is 3.73. The van der Waals surface area contributed by atoms with E-state index in [0.29, 0.717) is 0 Å². The van der Waals surface area contributed by atoms with Crippen molar-refractivity contribution in [3.8, 4) is 0 Å². The molecule has 0 bridgehead atoms. The molecule has 188 valence electrons. The number of rotatable bonds is 21. The van der Waals surface area contributed by atoms with Crippen LogP contribution in [0.3, 0.4) is 0 Å². The number of unbranched alkanes of at least 4 members (excludes halogenated alkanes) is 17. The van der Waals surface area contributed by atoms with Crippen LogP contribution in [0.5, 0.6) is 0 Å². The molecule has 0 aromatic carbocycles. The van der Waals surface area contributed by atoms with E-state index in [2.05, 4.69) is 32.8 Å². The van der Waals surface area contributed by atoms with Gasteiger partial charge >= 0.3 is 0 Å². The Balaban J connectivity index is 0. The Morgan fingerprint density at radius 3 is 1.13 bits per heavy atom. The maximum atomic E-state index is 11.3. The van der Waals surface area contributed by atoms with Gasteiger partial charge in [-0.1, -0.05) is 123 Å². The molecule has 0 aliphatic carbocycles. The second-order valence-electron chi connectivity index (χ2n) is 9.85. The van der Waals surface area contributed by atoms with Crippen LogP contribution in [0.25, 0.3) is 0 Å². The average molecular weight is 441 g/mol. The number of hydrogen-bond acceptors (Lipinski definition) is 2. The zero-order valence-electron chi connectivity index (χ0n) is 22.7. The van der Waals surface area contributed by atoms with Crippen LogP contribution in [-0.4, -0.2) is 50.4 Å². The molecule has 0 spiro atoms. The van der Waals surface area contributed by atoms with Gasteiger partial charge in [0.05, 0.1) is 0 Å². The molecule has 0 aromatic rings. The van der Waals surface area contributed by atoms with E-state index in [1.54, 1.807) is 4.90 Å². The van der Waals surface area contributed by atoms with Crippen LogP contribution in [0.15, 0.2) is 0 Å². The number of carbonyl (C=O) groups excluding carboxylic acids is 1. The molecule has 1 amide bonds. The maximum Gasteiger partial charge on any atom is 0.222 e. The van der Waals surface area contributed by atoms with Crippen molar-refractivity contribution in [2.45, 2.75) is 142 Å². The lowest BCUT2D eigenvalue weighted by Gasteiger charge is -2.09. The van der Waals surface area contributed by atoms with Gasteiger partial charge in [-0.2, -0.15) is 0 Å². The van der Waals surface area contributed by atoms with Crippen molar-refractivity contribution in [2.75, 3.05) is 34.7 Å². The minimum absolute atomic E-state index is 0.267. The first kappa shape index (κ1) is 32.6. The normalized spacial score (nSPS) is 10.8. The minimum Gasteiger partial charge on any atom is -0.349 e. The van der Waals surface area contributed by atoms with Gasteiger partial charge in [-0.25, -0.2) is 0 Å². The predicted octanol–water partition coefficient (Wildman–Crippen LogP) is 8.46. The highest BCUT2D eigenvalue weighted by Gasteiger charge is 2.02. The fraction of sp³-hybridized carbons (Fsp3) is 0.964. The smallest absolute Gasteiger partial charge is 0.222 e. The third kappa shape index (κ3) is 31.7. The van der Waals surface area contributed by atoms with Crippen LogP contribution in [0, 0.1) is 0 Å². The number of hydrogen-bond donors (Lipinski definition) is 0. The molecule has 0 radical (unpaired) electrons. The summed E-state index contributed by atoms with van der Waals surface area (Å²) in [5.41, 5.74) is 0. The minimum atomic E-state index is 0.267. The Bertz CT molecular complexity index is 342. The van der Waals surface area contributed by atoms with Crippen LogP contribution in [-0.2, 0) is 4.79 Å². The zero-order chi connectivity index (χ0) is 23.6. The Kier molecular flexibility index (Phi) is 28.9. The summed E-state index contributed by atoms with van der Waals surface area (Å²) < 4.78 is 0. The first-order valence-electron chi connectivity index (χ1n) is 13.8. The van der Waals surface area contributed by atoms with E-state index in [-0.39, 0.29) is 5.91 Å². The summed E-state index contributed by atoms with van der Waals surface area (Å²) in [6.45, 7) is 5.79. The zero-order valence-corrected chi connectivity index (χ0v) is 22.7. The molecule has 3 heteroatoms. The topological polar surface area (TPSA) is 23.6 Å². The Morgan fingerprint density at radius 2 is 0.806 bits per heavy atom. The van der Waals surface area contributed by atoms with E-state index in [9.17, 15) is 4.79 Å². The predicted molar refractivity (Wildman–Crippen MR) is 141 cm³/mol. The quantitative estimate of drug-likeness (QED) is 0.167. The van der Waals surface area contributed by atoms with E-state index in [0.717, 1.165) is 12.8 Å². The Morgan fingerprint density at radius 1 is 0.484 bits per heavy atom. The van der Waals surface area contributed by atoms with Crippen molar-refractivity contribution in [3.05, 3.63) is 0 Å². The Labute approximate surface area is 197 Å². The van der Waals surface area contributed by atoms with Crippen LogP contribution in [0.2, 0.25) is 0 Å². The molecule has 0 unspecified atom stereocenters. The highest BCUT2D eigenvalue weighted by molar-refractivity contribution is 5.75. The first-order chi connectivity index (χ1) is 15.0. The third-order valence-corrected chi connectivity index (χ3v) is 5.95. The number of amides is 1. The summed E-state index contributed by atoms with van der Waals surface area (Å²) in [6, 6.07) is 0. The van der Waals surface area contributed by atoms with Crippen LogP contribution in [0.4, 0.5) is 0 Å². The summed E-state index contributed by atoms with van der Waals surface area (Å²) in [4.78, 5) is 15.2. The van der Waals surface area contributed by atoms with E-state index in [4.69, 9.17) is 0 Å². The summed E-state index contributed by atoms with van der Waals surface area (Å²) in [5, 5.41) is 0. The molecule has 0 atom stereocenters. The molecule has 0 N–H and O–H groups in total. The van der Waals surface area contributed by atoms with Crippen LogP contribution >= 0.6 is 0 Å². The molecule has 0 aliphatic heterocycles. The second-order valence-corrected chi connectivity index (χ2v) is 9.85. The monoisotopic (exact) mass is 440 g/mol. The SMILES string of the molecule is CCCCCCCCCCCC(=O)N(C)C.CCCCCCCCCCCCN(C)C. The third-order valence-electron chi connectivity index (χ3n) is 5.95. The van der Waals surface area contributed by atoms with Gasteiger partial charge in [-0.3, -0.25) is 4.79 Å². The molecule has 0 saturated heterocycles. The first-order valence-corrected chi connectivity index (χ1v) is 13.8. The summed E-state index contributed by atoms with van der Waals surface area (Å²) >= 11 is 0. The van der Waals surface area contributed by atoms with Crippen LogP contribution in [0.1, 0.15) is 142 Å². The molecule has 0 heterocycles. The standard InChI is InChI=1S/C14H29NO.C14H31N/c1-4-5-6-7-8-9-10-11-12-13-14(16)15(2)3;1-4-5-6-7-8-9-10-11-12-13-14-15(2)3/h4-13H2,1-3H3;4-14H2,1-3H3. The summed E-state index contributed by atoms with van der Waals surface area (Å²) in [7, 11) is 7.98. The van der Waals surface area contributed by atoms with Crippen LogP contribution < -0.4 is 0 Å². The molecule has 0 saturated carbocycles. The number of nitrogens with zero attached hydrogens (tertiary/aromatic N) is 2. The highest BCUT2D eigenvalue weighted by Crippen LogP contribution is 2.11. The number of carbonyl (C=O) groups is 1.